The Kier molecular flexibility index (Phi) is 36.4. The van der Waals surface area contributed by atoms with Gasteiger partial charge in [-0.2, -0.15) is 0 Å². The van der Waals surface area contributed by atoms with Crippen molar-refractivity contribution in [3.8, 4) is 0 Å². The van der Waals surface area contributed by atoms with Gasteiger partial charge in [0, 0.05) is 12.8 Å². The molecule has 0 aromatic heterocycles. The highest BCUT2D eigenvalue weighted by Gasteiger charge is 2.51. The zero-order valence-corrected chi connectivity index (χ0v) is 39.8. The van der Waals surface area contributed by atoms with Gasteiger partial charge in [-0.15, -0.1) is 0 Å². The third kappa shape index (κ3) is 31.4. The molecule has 14 heteroatoms. The van der Waals surface area contributed by atoms with E-state index in [1.807, 2.05) is 0 Å². The van der Waals surface area contributed by atoms with Crippen LogP contribution < -0.4 is 0 Å². The van der Waals surface area contributed by atoms with Gasteiger partial charge in [0.15, 0.2) is 6.10 Å². The van der Waals surface area contributed by atoms with Gasteiger partial charge in [0.05, 0.1) is 6.61 Å². The van der Waals surface area contributed by atoms with Crippen molar-refractivity contribution in [2.75, 3.05) is 13.2 Å². The summed E-state index contributed by atoms with van der Waals surface area (Å²) in [6, 6.07) is 0. The lowest BCUT2D eigenvalue weighted by Crippen LogP contribution is -2.64. The van der Waals surface area contributed by atoms with Crippen molar-refractivity contribution in [3.63, 3.8) is 0 Å². The summed E-state index contributed by atoms with van der Waals surface area (Å²) in [5, 5.41) is 50.2. The second-order valence-corrected chi connectivity index (χ2v) is 18.4. The fourth-order valence-electron chi connectivity index (χ4n) is 7.17. The summed E-state index contributed by atoms with van der Waals surface area (Å²) in [4.78, 5) is 35.8. The monoisotopic (exact) mass is 915 g/mol. The number of hydrogen-bond acceptors (Lipinski definition) is 12. The number of phosphoric ester groups is 1. The van der Waals surface area contributed by atoms with Crippen molar-refractivity contribution in [3.05, 3.63) is 48.6 Å². The zero-order chi connectivity index (χ0) is 46.4. The highest BCUT2D eigenvalue weighted by Crippen LogP contribution is 2.47. The molecular weight excluding hydrogens is 827 g/mol. The average Bonchev–Trinajstić information content (AvgIpc) is 3.26. The summed E-state index contributed by atoms with van der Waals surface area (Å²) in [6.45, 7) is 3.24. The lowest BCUT2D eigenvalue weighted by atomic mass is 9.85. The second kappa shape index (κ2) is 39.0. The van der Waals surface area contributed by atoms with E-state index < -0.39 is 75.7 Å². The molecule has 0 spiro atoms. The molecule has 1 aliphatic rings. The average molecular weight is 915 g/mol. The quantitative estimate of drug-likeness (QED) is 0.0147. The fraction of sp³-hybridized carbons (Fsp3) is 0.796. The molecule has 6 N–H and O–H groups in total. The smallest absolute Gasteiger partial charge is 0.462 e. The molecule has 1 saturated carbocycles. The molecule has 0 aromatic rings. The Bertz CT molecular complexity index is 1290. The van der Waals surface area contributed by atoms with Crippen LogP contribution in [0.5, 0.6) is 0 Å². The number of aliphatic hydroxyl groups excluding tert-OH is 5. The van der Waals surface area contributed by atoms with Gasteiger partial charge in [-0.1, -0.05) is 152 Å². The Morgan fingerprint density at radius 3 is 1.29 bits per heavy atom. The Morgan fingerprint density at radius 1 is 0.492 bits per heavy atom. The first-order valence-electron chi connectivity index (χ1n) is 24.4. The predicted octanol–water partition coefficient (Wildman–Crippen LogP) is 9.95. The van der Waals surface area contributed by atoms with Gasteiger partial charge in [-0.05, 0) is 77.0 Å². The van der Waals surface area contributed by atoms with E-state index >= 15 is 0 Å². The summed E-state index contributed by atoms with van der Waals surface area (Å²) < 4.78 is 33.6. The minimum absolute atomic E-state index is 0.0789. The number of aliphatic hydroxyl groups is 5. The van der Waals surface area contributed by atoms with Crippen LogP contribution >= 0.6 is 7.82 Å². The first-order chi connectivity index (χ1) is 30.4. The van der Waals surface area contributed by atoms with Gasteiger partial charge >= 0.3 is 19.8 Å². The molecule has 6 atom stereocenters. The van der Waals surface area contributed by atoms with Crippen molar-refractivity contribution in [1.82, 2.24) is 0 Å². The van der Waals surface area contributed by atoms with Crippen LogP contribution in [-0.4, -0.2) is 98.3 Å². The largest absolute Gasteiger partial charge is 0.472 e. The number of unbranched alkanes of at least 4 members (excludes halogenated alkanes) is 20. The molecular formula is C49H87O13P. The summed E-state index contributed by atoms with van der Waals surface area (Å²) >= 11 is 0. The number of phosphoric acid groups is 1. The molecule has 0 aliphatic heterocycles. The van der Waals surface area contributed by atoms with Crippen molar-refractivity contribution in [1.29, 1.82) is 0 Å². The van der Waals surface area contributed by atoms with Gasteiger partial charge in [-0.25, -0.2) is 4.57 Å². The Hall–Kier alpha value is -2.19. The topological polar surface area (TPSA) is 210 Å². The van der Waals surface area contributed by atoms with Crippen LogP contribution in [0.2, 0.25) is 0 Å². The lowest BCUT2D eigenvalue weighted by molar-refractivity contribution is -0.220. The third-order valence-corrected chi connectivity index (χ3v) is 12.1. The van der Waals surface area contributed by atoms with E-state index in [1.165, 1.54) is 70.6 Å². The van der Waals surface area contributed by atoms with Gasteiger partial charge in [0.2, 0.25) is 0 Å². The molecule has 0 bridgehead atoms. The molecule has 1 aliphatic carbocycles. The molecule has 6 unspecified atom stereocenters. The number of ether oxygens (including phenoxy) is 2. The first-order valence-corrected chi connectivity index (χ1v) is 25.9. The lowest BCUT2D eigenvalue weighted by Gasteiger charge is -2.41. The number of carbonyl (C=O) groups excluding carboxylic acids is 2. The molecule has 13 nitrogen and oxygen atoms in total. The molecule has 0 aromatic carbocycles. The van der Waals surface area contributed by atoms with Crippen LogP contribution in [0, 0.1) is 0 Å². The van der Waals surface area contributed by atoms with Crippen LogP contribution in [0.15, 0.2) is 48.6 Å². The van der Waals surface area contributed by atoms with Crippen molar-refractivity contribution in [2.24, 2.45) is 0 Å². The van der Waals surface area contributed by atoms with Gasteiger partial charge < -0.3 is 39.9 Å². The number of hydrogen-bond donors (Lipinski definition) is 6. The van der Waals surface area contributed by atoms with Crippen LogP contribution in [0.25, 0.3) is 0 Å². The minimum Gasteiger partial charge on any atom is -0.462 e. The Balaban J connectivity index is 2.43. The van der Waals surface area contributed by atoms with Crippen molar-refractivity contribution < 1.29 is 63.1 Å². The van der Waals surface area contributed by atoms with E-state index in [9.17, 15) is 44.6 Å². The van der Waals surface area contributed by atoms with Crippen LogP contribution in [0.4, 0.5) is 0 Å². The first kappa shape index (κ1) is 58.8. The van der Waals surface area contributed by atoms with Crippen LogP contribution in [0.1, 0.15) is 194 Å². The van der Waals surface area contributed by atoms with E-state index in [1.54, 1.807) is 0 Å². The summed E-state index contributed by atoms with van der Waals surface area (Å²) in [7, 11) is -5.13. The summed E-state index contributed by atoms with van der Waals surface area (Å²) in [5.74, 6) is -1.12. The molecule has 0 amide bonds. The normalized spacial score (nSPS) is 22.1. The highest BCUT2D eigenvalue weighted by atomic mass is 31.2. The SMILES string of the molecule is CCCCCC=CCC=CCCCCCCCCCCCC(=O)OCC(COP(=O)(O)OC1C(O)C(O)C(O)C(O)C1O)OC(=O)CCCCCCCC=CCC=CCCCCC. The number of allylic oxidation sites excluding steroid dienone is 8. The molecule has 0 radical (unpaired) electrons. The van der Waals surface area contributed by atoms with E-state index in [2.05, 4.69) is 62.5 Å². The van der Waals surface area contributed by atoms with E-state index in [-0.39, 0.29) is 12.8 Å². The van der Waals surface area contributed by atoms with Crippen molar-refractivity contribution >= 4 is 19.8 Å². The summed E-state index contributed by atoms with van der Waals surface area (Å²) in [6.07, 6.45) is 33.0. The van der Waals surface area contributed by atoms with E-state index in [0.717, 1.165) is 83.5 Å². The van der Waals surface area contributed by atoms with Gasteiger partial charge in [0.1, 0.15) is 43.2 Å². The van der Waals surface area contributed by atoms with E-state index in [4.69, 9.17) is 18.5 Å². The minimum atomic E-state index is -5.13. The molecule has 1 rings (SSSR count). The fourth-order valence-corrected chi connectivity index (χ4v) is 8.14. The second-order valence-electron chi connectivity index (χ2n) is 17.0. The van der Waals surface area contributed by atoms with Crippen LogP contribution in [-0.2, 0) is 32.7 Å². The third-order valence-electron chi connectivity index (χ3n) is 11.1. The number of rotatable bonds is 40. The van der Waals surface area contributed by atoms with Gasteiger partial charge in [0.25, 0.3) is 0 Å². The summed E-state index contributed by atoms with van der Waals surface area (Å²) in [5.41, 5.74) is 0. The number of carbonyl (C=O) groups is 2. The maximum absolute atomic E-state index is 12.8. The van der Waals surface area contributed by atoms with Crippen molar-refractivity contribution in [2.45, 2.75) is 236 Å². The molecule has 1 fully saturated rings. The molecule has 0 saturated heterocycles. The number of esters is 2. The van der Waals surface area contributed by atoms with E-state index in [0.29, 0.717) is 12.8 Å². The Morgan fingerprint density at radius 2 is 0.857 bits per heavy atom. The highest BCUT2D eigenvalue weighted by molar-refractivity contribution is 7.47. The molecule has 366 valence electrons. The van der Waals surface area contributed by atoms with Crippen LogP contribution in [0.3, 0.4) is 0 Å². The van der Waals surface area contributed by atoms with Gasteiger partial charge in [-0.3, -0.25) is 18.6 Å². The zero-order valence-electron chi connectivity index (χ0n) is 38.9. The standard InChI is InChI=1S/C49H87O13P/c1-3-5-7-9-11-13-15-17-19-20-21-22-24-25-27-29-31-33-35-37-42(50)59-39-41(40-60-63(57,58)62-49-47(55)45(53)44(52)46(54)48(49)56)61-43(51)38-36-34-32-30-28-26-23-18-16-14-12-10-8-6-4-2/h11-14,17-19,23,41,44-49,52-56H,3-10,15-16,20-22,24-40H2,1-2H3,(H,57,58). The molecule has 63 heavy (non-hydrogen) atoms. The Labute approximate surface area is 380 Å². The maximum Gasteiger partial charge on any atom is 0.472 e. The predicted molar refractivity (Wildman–Crippen MR) is 249 cm³/mol. The maximum atomic E-state index is 12.8. The molecule has 0 heterocycles.